The molecule has 0 spiro atoms. The van der Waals surface area contributed by atoms with Crippen molar-refractivity contribution in [3.05, 3.63) is 33.9 Å². The first-order valence-electron chi connectivity index (χ1n) is 3.95. The van der Waals surface area contributed by atoms with E-state index in [1.165, 1.54) is 0 Å². The van der Waals surface area contributed by atoms with Crippen LogP contribution in [0.4, 0.5) is 5.69 Å². The average molecular weight is 269 g/mol. The van der Waals surface area contributed by atoms with Crippen LogP contribution in [0.1, 0.15) is 10.4 Å². The second kappa shape index (κ2) is 5.58. The Morgan fingerprint density at radius 3 is 2.29 bits per heavy atom. The number of nitro benzene ring substituents is 1. The standard InChI is InChI=1S/C8H7NO6S.Na.H/c1-16(14,15)5-2-3-6(8(10)11)7(4-5)9(12)13;;/h2-4H,1H3,(H,10,11);;. The van der Waals surface area contributed by atoms with Gasteiger partial charge in [0.2, 0.25) is 0 Å². The van der Waals surface area contributed by atoms with Crippen molar-refractivity contribution in [3.63, 3.8) is 0 Å². The summed E-state index contributed by atoms with van der Waals surface area (Å²) in [6.07, 6.45) is 0.881. The fourth-order valence-corrected chi connectivity index (χ4v) is 1.71. The topological polar surface area (TPSA) is 115 Å². The Kier molecular flexibility index (Phi) is 5.27. The second-order valence-electron chi connectivity index (χ2n) is 3.01. The van der Waals surface area contributed by atoms with E-state index in [-0.39, 0.29) is 34.5 Å². The van der Waals surface area contributed by atoms with Gasteiger partial charge in [-0.3, -0.25) is 10.1 Å². The maximum absolute atomic E-state index is 11.1. The first-order valence-corrected chi connectivity index (χ1v) is 5.84. The molecule has 1 rings (SSSR count). The quantitative estimate of drug-likeness (QED) is 0.471. The van der Waals surface area contributed by atoms with Crippen molar-refractivity contribution >= 4 is 51.1 Å². The molecule has 0 heterocycles. The van der Waals surface area contributed by atoms with E-state index in [0.717, 1.165) is 24.5 Å². The van der Waals surface area contributed by atoms with Gasteiger partial charge in [-0.25, -0.2) is 13.2 Å². The summed E-state index contributed by atoms with van der Waals surface area (Å²) in [5, 5.41) is 19.2. The van der Waals surface area contributed by atoms with Gasteiger partial charge in [-0.1, -0.05) is 0 Å². The molecule has 1 aromatic rings. The van der Waals surface area contributed by atoms with Crippen LogP contribution in [-0.2, 0) is 9.84 Å². The molecular formula is C8H8NNaO6S. The Labute approximate surface area is 119 Å². The number of nitro groups is 1. The minimum absolute atomic E-state index is 0. The summed E-state index contributed by atoms with van der Waals surface area (Å²) < 4.78 is 22.2. The molecule has 0 saturated carbocycles. The van der Waals surface area contributed by atoms with Crippen molar-refractivity contribution < 1.29 is 23.2 Å². The summed E-state index contributed by atoms with van der Waals surface area (Å²) in [5.41, 5.74) is -1.28. The third kappa shape index (κ3) is 3.77. The van der Waals surface area contributed by atoms with Crippen LogP contribution in [0.25, 0.3) is 0 Å². The molecule has 0 saturated heterocycles. The fourth-order valence-electron chi connectivity index (χ4n) is 1.07. The number of carboxylic acid groups (broad SMARTS) is 1. The molecule has 7 nitrogen and oxygen atoms in total. The number of carbonyl (C=O) groups is 1. The summed E-state index contributed by atoms with van der Waals surface area (Å²) in [6, 6.07) is 2.65. The summed E-state index contributed by atoms with van der Waals surface area (Å²) in [7, 11) is -3.60. The van der Waals surface area contributed by atoms with Crippen LogP contribution in [0.2, 0.25) is 0 Å². The molecule has 0 aliphatic heterocycles. The van der Waals surface area contributed by atoms with Crippen LogP contribution < -0.4 is 0 Å². The molecule has 0 amide bonds. The van der Waals surface area contributed by atoms with Crippen molar-refractivity contribution in [3.8, 4) is 0 Å². The predicted molar refractivity (Wildman–Crippen MR) is 60.3 cm³/mol. The van der Waals surface area contributed by atoms with Gasteiger partial charge in [0.1, 0.15) is 5.56 Å². The Balaban J connectivity index is 0.00000256. The summed E-state index contributed by atoms with van der Waals surface area (Å²) in [6.45, 7) is 0. The predicted octanol–water partition coefficient (Wildman–Crippen LogP) is 0.0480. The molecule has 0 aliphatic rings. The number of carboxylic acids is 1. The van der Waals surface area contributed by atoms with Gasteiger partial charge in [0.05, 0.1) is 9.82 Å². The molecule has 1 aromatic carbocycles. The molecule has 0 aliphatic carbocycles. The summed E-state index contributed by atoms with van der Waals surface area (Å²) >= 11 is 0. The fraction of sp³-hybridized carbons (Fsp3) is 0.125. The normalized spacial score (nSPS) is 10.4. The van der Waals surface area contributed by atoms with Crippen molar-refractivity contribution in [1.82, 2.24) is 0 Å². The number of hydrogen-bond donors (Lipinski definition) is 1. The molecule has 0 bridgehead atoms. The van der Waals surface area contributed by atoms with E-state index in [1.54, 1.807) is 0 Å². The maximum atomic E-state index is 11.1. The molecule has 0 atom stereocenters. The van der Waals surface area contributed by atoms with Gasteiger partial charge in [0.25, 0.3) is 5.69 Å². The number of sulfone groups is 1. The van der Waals surface area contributed by atoms with Gasteiger partial charge in [0.15, 0.2) is 9.84 Å². The van der Waals surface area contributed by atoms with E-state index in [4.69, 9.17) is 5.11 Å². The molecule has 17 heavy (non-hydrogen) atoms. The van der Waals surface area contributed by atoms with Gasteiger partial charge in [0, 0.05) is 12.3 Å². The molecule has 1 N–H and O–H groups in total. The molecule has 88 valence electrons. The van der Waals surface area contributed by atoms with Crippen molar-refractivity contribution in [1.29, 1.82) is 0 Å². The number of aromatic carboxylic acids is 1. The van der Waals surface area contributed by atoms with Crippen molar-refractivity contribution in [2.45, 2.75) is 4.90 Å². The first-order chi connectivity index (χ1) is 7.23. The number of benzene rings is 1. The van der Waals surface area contributed by atoms with E-state index in [9.17, 15) is 23.3 Å². The Morgan fingerprint density at radius 2 is 1.94 bits per heavy atom. The van der Waals surface area contributed by atoms with Crippen LogP contribution in [0, 0.1) is 10.1 Å². The van der Waals surface area contributed by atoms with Crippen LogP contribution in [-0.4, -0.2) is 60.2 Å². The monoisotopic (exact) mass is 269 g/mol. The molecule has 0 aromatic heterocycles. The summed E-state index contributed by atoms with van der Waals surface area (Å²) in [4.78, 5) is 20.0. The SMILES string of the molecule is CS(=O)(=O)c1ccc(C(=O)O)c([N+](=O)[O-])c1.[NaH]. The van der Waals surface area contributed by atoms with Crippen LogP contribution in [0.3, 0.4) is 0 Å². The van der Waals surface area contributed by atoms with Crippen LogP contribution in [0.5, 0.6) is 0 Å². The first kappa shape index (κ1) is 16.0. The van der Waals surface area contributed by atoms with Crippen molar-refractivity contribution in [2.75, 3.05) is 6.26 Å². The van der Waals surface area contributed by atoms with Crippen LogP contribution >= 0.6 is 0 Å². The van der Waals surface area contributed by atoms with Gasteiger partial charge >= 0.3 is 35.5 Å². The van der Waals surface area contributed by atoms with Crippen LogP contribution in [0.15, 0.2) is 23.1 Å². The van der Waals surface area contributed by atoms with E-state index in [0.29, 0.717) is 0 Å². The minimum atomic E-state index is -3.60. The van der Waals surface area contributed by atoms with E-state index in [2.05, 4.69) is 0 Å². The van der Waals surface area contributed by atoms with Crippen molar-refractivity contribution in [2.24, 2.45) is 0 Å². The molecule has 0 fully saturated rings. The molecular weight excluding hydrogens is 261 g/mol. The Hall–Kier alpha value is -0.960. The zero-order valence-corrected chi connectivity index (χ0v) is 8.89. The third-order valence-corrected chi connectivity index (χ3v) is 2.93. The van der Waals surface area contributed by atoms with Gasteiger partial charge < -0.3 is 5.11 Å². The molecule has 9 heteroatoms. The van der Waals surface area contributed by atoms with E-state index >= 15 is 0 Å². The van der Waals surface area contributed by atoms with Gasteiger partial charge in [-0.2, -0.15) is 0 Å². The zero-order chi connectivity index (χ0) is 12.5. The number of rotatable bonds is 3. The van der Waals surface area contributed by atoms with Gasteiger partial charge in [-0.05, 0) is 12.1 Å². The Bertz CT molecular complexity index is 567. The van der Waals surface area contributed by atoms with E-state index in [1.807, 2.05) is 0 Å². The number of hydrogen-bond acceptors (Lipinski definition) is 5. The molecule has 0 radical (unpaired) electrons. The third-order valence-electron chi connectivity index (χ3n) is 1.82. The zero-order valence-electron chi connectivity index (χ0n) is 8.08. The summed E-state index contributed by atoms with van der Waals surface area (Å²) in [5.74, 6) is -1.48. The number of nitrogens with zero attached hydrogens (tertiary/aromatic N) is 1. The average Bonchev–Trinajstić information content (AvgIpc) is 2.15. The Morgan fingerprint density at radius 1 is 1.41 bits per heavy atom. The van der Waals surface area contributed by atoms with E-state index < -0.39 is 32.0 Å². The molecule has 0 unspecified atom stereocenters. The second-order valence-corrected chi connectivity index (χ2v) is 5.03. The van der Waals surface area contributed by atoms with Gasteiger partial charge in [-0.15, -0.1) is 0 Å².